The average molecular weight is 270 g/mol. The number of carboxylic acids is 1. The molecule has 3 nitrogen and oxygen atoms in total. The third-order valence-electron chi connectivity index (χ3n) is 2.59. The molecule has 1 saturated heterocycles. The molecule has 0 saturated carbocycles. The number of hydrogen-bond donors (Lipinski definition) is 1. The summed E-state index contributed by atoms with van der Waals surface area (Å²) in [6.07, 6.45) is 0. The molecule has 2 rings (SSSR count). The molecule has 0 atom stereocenters. The van der Waals surface area contributed by atoms with Gasteiger partial charge in [-0.05, 0) is 24.1 Å². The van der Waals surface area contributed by atoms with E-state index in [1.165, 1.54) is 0 Å². The zero-order chi connectivity index (χ0) is 11.0. The van der Waals surface area contributed by atoms with Gasteiger partial charge in [-0.15, -0.1) is 0 Å². The van der Waals surface area contributed by atoms with Crippen LogP contribution in [0.2, 0.25) is 0 Å². The lowest BCUT2D eigenvalue weighted by Crippen LogP contribution is -2.45. The van der Waals surface area contributed by atoms with Crippen LogP contribution < -0.4 is 4.90 Å². The number of hydrogen-bond acceptors (Lipinski definition) is 2. The van der Waals surface area contributed by atoms with Crippen LogP contribution in [0.25, 0.3) is 0 Å². The number of halogens is 1. The van der Waals surface area contributed by atoms with Crippen LogP contribution in [0, 0.1) is 5.92 Å². The normalized spacial score (nSPS) is 16.3. The summed E-state index contributed by atoms with van der Waals surface area (Å²) in [6, 6.07) is 5.39. The molecule has 1 heterocycles. The van der Waals surface area contributed by atoms with Crippen LogP contribution in [0.1, 0.15) is 17.3 Å². The van der Waals surface area contributed by atoms with Gasteiger partial charge in [0.15, 0.2) is 0 Å². The second kappa shape index (κ2) is 3.85. The van der Waals surface area contributed by atoms with Crippen molar-refractivity contribution in [1.82, 2.24) is 0 Å². The molecule has 15 heavy (non-hydrogen) atoms. The molecule has 1 aliphatic heterocycles. The first kappa shape index (κ1) is 10.5. The molecule has 80 valence electrons. The van der Waals surface area contributed by atoms with Gasteiger partial charge in [-0.2, -0.15) is 0 Å². The van der Waals surface area contributed by atoms with E-state index in [0.29, 0.717) is 11.5 Å². The molecule has 1 aromatic carbocycles. The highest BCUT2D eigenvalue weighted by Crippen LogP contribution is 2.29. The Bertz CT molecular complexity index is 400. The standard InChI is InChI=1S/C11H12BrNO2/c1-7-5-13(6-7)10-3-2-8(12)4-9(10)11(14)15/h2-4,7H,5-6H2,1H3,(H,14,15). The highest BCUT2D eigenvalue weighted by Gasteiger charge is 2.26. The summed E-state index contributed by atoms with van der Waals surface area (Å²) in [5, 5.41) is 9.08. The molecule has 0 spiro atoms. The van der Waals surface area contributed by atoms with Crippen LogP contribution in [0.4, 0.5) is 5.69 Å². The molecule has 0 amide bonds. The van der Waals surface area contributed by atoms with Crippen molar-refractivity contribution in [1.29, 1.82) is 0 Å². The Balaban J connectivity index is 2.34. The first-order chi connectivity index (χ1) is 7.08. The number of nitrogens with zero attached hydrogens (tertiary/aromatic N) is 1. The van der Waals surface area contributed by atoms with Crippen LogP contribution in [0.3, 0.4) is 0 Å². The Morgan fingerprint density at radius 3 is 2.73 bits per heavy atom. The number of carboxylic acid groups (broad SMARTS) is 1. The Kier molecular flexibility index (Phi) is 2.69. The topological polar surface area (TPSA) is 40.5 Å². The molecule has 0 aromatic heterocycles. The molecule has 1 aliphatic rings. The maximum absolute atomic E-state index is 11.1. The molecule has 0 unspecified atom stereocenters. The summed E-state index contributed by atoms with van der Waals surface area (Å²) in [5.41, 5.74) is 1.19. The third-order valence-corrected chi connectivity index (χ3v) is 3.09. The van der Waals surface area contributed by atoms with Crippen molar-refractivity contribution in [3.8, 4) is 0 Å². The van der Waals surface area contributed by atoms with E-state index in [-0.39, 0.29) is 0 Å². The van der Waals surface area contributed by atoms with Crippen molar-refractivity contribution in [3.05, 3.63) is 28.2 Å². The maximum Gasteiger partial charge on any atom is 0.337 e. The molecule has 1 fully saturated rings. The summed E-state index contributed by atoms with van der Waals surface area (Å²) in [5.74, 6) is -0.207. The van der Waals surface area contributed by atoms with Crippen LogP contribution in [0.15, 0.2) is 22.7 Å². The molecular weight excluding hydrogens is 258 g/mol. The monoisotopic (exact) mass is 269 g/mol. The fourth-order valence-electron chi connectivity index (χ4n) is 1.85. The number of rotatable bonds is 2. The van der Waals surface area contributed by atoms with Gasteiger partial charge in [0.05, 0.1) is 11.3 Å². The minimum atomic E-state index is -0.870. The quantitative estimate of drug-likeness (QED) is 0.898. The average Bonchev–Trinajstić information content (AvgIpc) is 2.13. The second-order valence-electron chi connectivity index (χ2n) is 3.98. The van der Waals surface area contributed by atoms with E-state index in [4.69, 9.17) is 5.11 Å². The van der Waals surface area contributed by atoms with Crippen molar-refractivity contribution in [2.24, 2.45) is 5.92 Å². The summed E-state index contributed by atoms with van der Waals surface area (Å²) >= 11 is 3.28. The smallest absolute Gasteiger partial charge is 0.337 e. The first-order valence-corrected chi connectivity index (χ1v) is 5.65. The number of carbonyl (C=O) groups is 1. The van der Waals surface area contributed by atoms with Gasteiger partial charge < -0.3 is 10.0 Å². The van der Waals surface area contributed by atoms with Gasteiger partial charge in [-0.1, -0.05) is 22.9 Å². The van der Waals surface area contributed by atoms with E-state index >= 15 is 0 Å². The van der Waals surface area contributed by atoms with Gasteiger partial charge in [-0.25, -0.2) is 4.79 Å². The lowest BCUT2D eigenvalue weighted by atomic mass is 10.00. The van der Waals surface area contributed by atoms with Crippen molar-refractivity contribution in [2.75, 3.05) is 18.0 Å². The summed E-state index contributed by atoms with van der Waals surface area (Å²) in [6.45, 7) is 4.06. The van der Waals surface area contributed by atoms with Crippen LogP contribution in [-0.4, -0.2) is 24.2 Å². The van der Waals surface area contributed by atoms with E-state index in [1.54, 1.807) is 6.07 Å². The molecule has 1 aromatic rings. The van der Waals surface area contributed by atoms with Crippen molar-refractivity contribution >= 4 is 27.6 Å². The fraction of sp³-hybridized carbons (Fsp3) is 0.364. The SMILES string of the molecule is CC1CN(c2ccc(Br)cc2C(=O)O)C1. The highest BCUT2D eigenvalue weighted by atomic mass is 79.9. The molecule has 0 bridgehead atoms. The van der Waals surface area contributed by atoms with Crippen molar-refractivity contribution in [3.63, 3.8) is 0 Å². The zero-order valence-corrected chi connectivity index (χ0v) is 9.99. The fourth-order valence-corrected chi connectivity index (χ4v) is 2.21. The van der Waals surface area contributed by atoms with Gasteiger partial charge in [0.1, 0.15) is 0 Å². The summed E-state index contributed by atoms with van der Waals surface area (Å²) in [7, 11) is 0. The Morgan fingerprint density at radius 2 is 2.20 bits per heavy atom. The molecule has 0 radical (unpaired) electrons. The molecule has 4 heteroatoms. The largest absolute Gasteiger partial charge is 0.478 e. The van der Waals surface area contributed by atoms with Gasteiger partial charge in [-0.3, -0.25) is 0 Å². The Hall–Kier alpha value is -1.03. The van der Waals surface area contributed by atoms with Gasteiger partial charge in [0, 0.05) is 17.6 Å². The lowest BCUT2D eigenvalue weighted by molar-refractivity contribution is 0.0697. The lowest BCUT2D eigenvalue weighted by Gasteiger charge is -2.39. The number of benzene rings is 1. The van der Waals surface area contributed by atoms with E-state index in [9.17, 15) is 4.79 Å². The van der Waals surface area contributed by atoms with E-state index in [2.05, 4.69) is 27.8 Å². The molecule has 0 aliphatic carbocycles. The Labute approximate surface area is 96.8 Å². The van der Waals surface area contributed by atoms with E-state index in [0.717, 1.165) is 23.2 Å². The Morgan fingerprint density at radius 1 is 1.53 bits per heavy atom. The maximum atomic E-state index is 11.1. The molecule has 1 N–H and O–H groups in total. The van der Waals surface area contributed by atoms with Crippen LogP contribution in [-0.2, 0) is 0 Å². The van der Waals surface area contributed by atoms with E-state index < -0.39 is 5.97 Å². The minimum Gasteiger partial charge on any atom is -0.478 e. The van der Waals surface area contributed by atoms with Crippen molar-refractivity contribution in [2.45, 2.75) is 6.92 Å². The third kappa shape index (κ3) is 2.00. The van der Waals surface area contributed by atoms with Gasteiger partial charge in [0.2, 0.25) is 0 Å². The zero-order valence-electron chi connectivity index (χ0n) is 8.40. The predicted molar refractivity (Wildman–Crippen MR) is 62.5 cm³/mol. The predicted octanol–water partition coefficient (Wildman–Crippen LogP) is 2.60. The minimum absolute atomic E-state index is 0.372. The first-order valence-electron chi connectivity index (χ1n) is 4.85. The van der Waals surface area contributed by atoms with Crippen molar-refractivity contribution < 1.29 is 9.90 Å². The molecular formula is C11H12BrNO2. The number of anilines is 1. The summed E-state index contributed by atoms with van der Waals surface area (Å²) in [4.78, 5) is 13.2. The van der Waals surface area contributed by atoms with Gasteiger partial charge in [0.25, 0.3) is 0 Å². The second-order valence-corrected chi connectivity index (χ2v) is 4.89. The summed E-state index contributed by atoms with van der Waals surface area (Å²) < 4.78 is 0.803. The highest BCUT2D eigenvalue weighted by molar-refractivity contribution is 9.10. The van der Waals surface area contributed by atoms with E-state index in [1.807, 2.05) is 12.1 Å². The van der Waals surface area contributed by atoms with Crippen LogP contribution in [0.5, 0.6) is 0 Å². The van der Waals surface area contributed by atoms with Crippen LogP contribution >= 0.6 is 15.9 Å². The van der Waals surface area contributed by atoms with Gasteiger partial charge >= 0.3 is 5.97 Å². The number of aromatic carboxylic acids is 1.